The molecule has 2 aliphatic heterocycles. The Balaban J connectivity index is 1.24. The van der Waals surface area contributed by atoms with Gasteiger partial charge in [0.15, 0.2) is 11.6 Å². The third-order valence-corrected chi connectivity index (χ3v) is 5.79. The number of urea groups is 1. The molecular weight excluding hydrogens is 449 g/mol. The van der Waals surface area contributed by atoms with Gasteiger partial charge in [0.05, 0.1) is 42.4 Å². The second-order valence-corrected chi connectivity index (χ2v) is 8.32. The number of pyridine rings is 1. The lowest BCUT2D eigenvalue weighted by Crippen LogP contribution is -2.58. The maximum Gasteiger partial charge on any atom is 0.341 e. The maximum absolute atomic E-state index is 14.3. The zero-order valence-corrected chi connectivity index (χ0v) is 18.5. The van der Waals surface area contributed by atoms with Crippen molar-refractivity contribution in [3.8, 4) is 17.1 Å². The molecule has 0 radical (unpaired) electrons. The number of carbonyl (C=O) groups is 1. The van der Waals surface area contributed by atoms with E-state index in [4.69, 9.17) is 4.74 Å². The van der Waals surface area contributed by atoms with Crippen LogP contribution in [0.5, 0.6) is 5.75 Å². The molecule has 0 N–H and O–H groups in total. The van der Waals surface area contributed by atoms with Crippen molar-refractivity contribution in [1.82, 2.24) is 24.7 Å². The zero-order valence-electron chi connectivity index (χ0n) is 18.5. The Kier molecular flexibility index (Phi) is 5.46. The molecule has 2 amide bonds. The Morgan fingerprint density at radius 2 is 1.82 bits per heavy atom. The Bertz CT molecular complexity index is 1270. The van der Waals surface area contributed by atoms with Crippen LogP contribution < -0.4 is 4.74 Å². The summed E-state index contributed by atoms with van der Waals surface area (Å²) in [4.78, 5) is 18.5. The molecule has 0 spiro atoms. The highest BCUT2D eigenvalue weighted by atomic mass is 19.1. The van der Waals surface area contributed by atoms with Gasteiger partial charge in [-0.2, -0.15) is 10.2 Å². The molecule has 1 fully saturated rings. The van der Waals surface area contributed by atoms with E-state index < -0.39 is 35.6 Å². The molecule has 1 saturated heterocycles. The normalized spacial score (nSPS) is 17.9. The lowest BCUT2D eigenvalue weighted by Gasteiger charge is -2.41. The lowest BCUT2D eigenvalue weighted by molar-refractivity contribution is 0.0256. The van der Waals surface area contributed by atoms with Gasteiger partial charge in [0, 0.05) is 31.8 Å². The van der Waals surface area contributed by atoms with Crippen molar-refractivity contribution in [2.75, 3.05) is 13.1 Å². The van der Waals surface area contributed by atoms with Crippen LogP contribution in [-0.2, 0) is 7.05 Å². The maximum atomic E-state index is 14.3. The van der Waals surface area contributed by atoms with E-state index in [9.17, 15) is 18.0 Å². The van der Waals surface area contributed by atoms with Gasteiger partial charge in [0.2, 0.25) is 0 Å². The van der Waals surface area contributed by atoms with Crippen LogP contribution in [0.4, 0.5) is 18.0 Å². The first-order valence-electron chi connectivity index (χ1n) is 10.7. The van der Waals surface area contributed by atoms with Gasteiger partial charge in [-0.25, -0.2) is 23.0 Å². The summed E-state index contributed by atoms with van der Waals surface area (Å²) in [5, 5.41) is 9.57. The number of halogens is 3. The molecule has 0 saturated carbocycles. The Labute approximate surface area is 193 Å². The number of amides is 2. The number of benzene rings is 1. The highest BCUT2D eigenvalue weighted by Gasteiger charge is 2.39. The molecule has 34 heavy (non-hydrogen) atoms. The third-order valence-electron chi connectivity index (χ3n) is 5.79. The summed E-state index contributed by atoms with van der Waals surface area (Å²) in [5.41, 5.74) is 2.37. The average molecular weight is 470 g/mol. The quantitative estimate of drug-likeness (QED) is 0.581. The van der Waals surface area contributed by atoms with Crippen LogP contribution in [0.1, 0.15) is 23.7 Å². The van der Waals surface area contributed by atoms with Crippen molar-refractivity contribution in [3.63, 3.8) is 0 Å². The number of nitrogens with zero attached hydrogens (tertiary/aromatic N) is 6. The summed E-state index contributed by atoms with van der Waals surface area (Å²) >= 11 is 0. The highest BCUT2D eigenvalue weighted by molar-refractivity contribution is 5.79. The molecule has 8 nitrogen and oxygen atoms in total. The Morgan fingerprint density at radius 3 is 2.50 bits per heavy atom. The first-order valence-corrected chi connectivity index (χ1v) is 10.7. The summed E-state index contributed by atoms with van der Waals surface area (Å²) in [6.45, 7) is 2.29. The van der Waals surface area contributed by atoms with Crippen LogP contribution in [0.3, 0.4) is 0 Å². The van der Waals surface area contributed by atoms with Gasteiger partial charge in [-0.05, 0) is 30.7 Å². The summed E-state index contributed by atoms with van der Waals surface area (Å²) < 4.78 is 49.1. The van der Waals surface area contributed by atoms with Crippen molar-refractivity contribution < 1.29 is 22.7 Å². The van der Waals surface area contributed by atoms with E-state index in [2.05, 4.69) is 15.2 Å². The van der Waals surface area contributed by atoms with Crippen LogP contribution in [0, 0.1) is 24.4 Å². The molecule has 176 valence electrons. The molecule has 2 aromatic heterocycles. The fourth-order valence-electron chi connectivity index (χ4n) is 4.14. The van der Waals surface area contributed by atoms with Crippen LogP contribution in [-0.4, -0.2) is 56.1 Å². The first kappa shape index (κ1) is 21.9. The topological polar surface area (TPSA) is 75.8 Å². The third kappa shape index (κ3) is 4.09. The largest absolute Gasteiger partial charge is 0.483 e. The monoisotopic (exact) mass is 470 g/mol. The number of likely N-dealkylation sites (tertiary alicyclic amines) is 1. The summed E-state index contributed by atoms with van der Waals surface area (Å²) in [6.07, 6.45) is 2.56. The average Bonchev–Trinajstić information content (AvgIpc) is 3.37. The van der Waals surface area contributed by atoms with Gasteiger partial charge < -0.3 is 9.64 Å². The van der Waals surface area contributed by atoms with E-state index in [0.29, 0.717) is 17.7 Å². The minimum Gasteiger partial charge on any atom is -0.483 e. The van der Waals surface area contributed by atoms with Gasteiger partial charge in [0.1, 0.15) is 17.7 Å². The summed E-state index contributed by atoms with van der Waals surface area (Å²) in [7, 11) is 1.77. The van der Waals surface area contributed by atoms with Gasteiger partial charge in [0.25, 0.3) is 0 Å². The number of hydrazone groups is 1. The predicted octanol–water partition coefficient (Wildman–Crippen LogP) is 3.82. The van der Waals surface area contributed by atoms with Crippen molar-refractivity contribution >= 4 is 12.2 Å². The molecule has 0 unspecified atom stereocenters. The number of aryl methyl sites for hydroxylation is 2. The van der Waals surface area contributed by atoms with E-state index in [1.54, 1.807) is 11.7 Å². The van der Waals surface area contributed by atoms with Crippen LogP contribution in [0.2, 0.25) is 0 Å². The van der Waals surface area contributed by atoms with E-state index in [-0.39, 0.29) is 18.8 Å². The van der Waals surface area contributed by atoms with E-state index in [0.717, 1.165) is 23.7 Å². The summed E-state index contributed by atoms with van der Waals surface area (Å²) in [5.74, 6) is -2.00. The second kappa shape index (κ2) is 8.47. The smallest absolute Gasteiger partial charge is 0.341 e. The van der Waals surface area contributed by atoms with E-state index in [1.165, 1.54) is 34.3 Å². The minimum absolute atomic E-state index is 0.0354. The second-order valence-electron chi connectivity index (χ2n) is 8.32. The molecule has 2 aliphatic rings. The first-order chi connectivity index (χ1) is 16.3. The molecule has 0 bridgehead atoms. The summed E-state index contributed by atoms with van der Waals surface area (Å²) in [6, 6.07) is 5.50. The van der Waals surface area contributed by atoms with E-state index in [1.807, 2.05) is 13.0 Å². The molecule has 4 heterocycles. The van der Waals surface area contributed by atoms with Crippen molar-refractivity contribution in [3.05, 3.63) is 65.2 Å². The number of hydrogen-bond donors (Lipinski definition) is 0. The minimum atomic E-state index is -0.716. The fraction of sp³-hybridized carbons (Fsp3) is 0.304. The Hall–Kier alpha value is -3.89. The van der Waals surface area contributed by atoms with Crippen molar-refractivity contribution in [2.45, 2.75) is 25.5 Å². The van der Waals surface area contributed by atoms with Gasteiger partial charge >= 0.3 is 6.03 Å². The predicted molar refractivity (Wildman–Crippen MR) is 117 cm³/mol. The number of carbonyl (C=O) groups excluding carboxylic acids is 1. The molecule has 3 aromatic rings. The standard InChI is InChI=1S/C23H21F3N6O2/c1-13-5-21(30(2)29-13)19-9-22(18(26)10-27-19)34-17-11-31(12-17)23(33)32-20(3-4-28-32)14-6-15(24)8-16(25)7-14/h4-10,17,20H,3,11-12H2,1-2H3/t20-/m0/s1. The molecule has 0 aliphatic carbocycles. The molecule has 1 aromatic carbocycles. The number of ether oxygens (including phenoxy) is 1. The Morgan fingerprint density at radius 1 is 1.09 bits per heavy atom. The van der Waals surface area contributed by atoms with Crippen LogP contribution in [0.25, 0.3) is 11.4 Å². The van der Waals surface area contributed by atoms with Gasteiger partial charge in [-0.3, -0.25) is 9.67 Å². The van der Waals surface area contributed by atoms with Crippen molar-refractivity contribution in [2.24, 2.45) is 12.1 Å². The van der Waals surface area contributed by atoms with Gasteiger partial charge in [-0.15, -0.1) is 0 Å². The number of rotatable bonds is 4. The SMILES string of the molecule is Cc1cc(-c2cc(OC3CN(C(=O)N4N=CC[C@H]4c4cc(F)cc(F)c4)C3)c(F)cn2)n(C)n1. The van der Waals surface area contributed by atoms with Crippen LogP contribution in [0.15, 0.2) is 41.6 Å². The molecular formula is C23H21F3N6O2. The fourth-order valence-corrected chi connectivity index (χ4v) is 4.14. The molecule has 5 rings (SSSR count). The molecule has 11 heteroatoms. The van der Waals surface area contributed by atoms with Crippen molar-refractivity contribution in [1.29, 1.82) is 0 Å². The van der Waals surface area contributed by atoms with Gasteiger partial charge in [-0.1, -0.05) is 0 Å². The van der Waals surface area contributed by atoms with Crippen LogP contribution >= 0.6 is 0 Å². The highest BCUT2D eigenvalue weighted by Crippen LogP contribution is 2.32. The molecule has 1 atom stereocenters. The zero-order chi connectivity index (χ0) is 24.0. The number of hydrogen-bond acceptors (Lipinski definition) is 5. The number of aromatic nitrogens is 3. The van der Waals surface area contributed by atoms with E-state index >= 15 is 0 Å². The lowest BCUT2D eigenvalue weighted by atomic mass is 10.0.